The summed E-state index contributed by atoms with van der Waals surface area (Å²) in [6, 6.07) is 11.0. The number of anilines is 1. The van der Waals surface area contributed by atoms with E-state index < -0.39 is 11.6 Å². The Bertz CT molecular complexity index is 596. The zero-order valence-corrected chi connectivity index (χ0v) is 9.81. The molecule has 0 saturated heterocycles. The van der Waals surface area contributed by atoms with Crippen molar-refractivity contribution in [3.8, 4) is 5.75 Å². The molecule has 0 atom stereocenters. The summed E-state index contributed by atoms with van der Waals surface area (Å²) in [6.07, 6.45) is 0. The lowest BCUT2D eigenvalue weighted by Gasteiger charge is -2.08. The van der Waals surface area contributed by atoms with Gasteiger partial charge in [-0.15, -0.1) is 0 Å². The minimum absolute atomic E-state index is 0.0374. The van der Waals surface area contributed by atoms with E-state index in [1.165, 1.54) is 19.2 Å². The fraction of sp³-hybridized carbons (Fsp3) is 0.0714. The van der Waals surface area contributed by atoms with E-state index in [-0.39, 0.29) is 16.9 Å². The monoisotopic (exact) mass is 245 g/mol. The van der Waals surface area contributed by atoms with Gasteiger partial charge in [0.15, 0.2) is 17.3 Å². The summed E-state index contributed by atoms with van der Waals surface area (Å²) in [4.78, 5) is 12.2. The zero-order chi connectivity index (χ0) is 13.1. The van der Waals surface area contributed by atoms with Crippen molar-refractivity contribution in [3.63, 3.8) is 0 Å². The molecule has 0 spiro atoms. The molecule has 0 heterocycles. The third kappa shape index (κ3) is 2.05. The van der Waals surface area contributed by atoms with Crippen molar-refractivity contribution in [2.45, 2.75) is 0 Å². The van der Waals surface area contributed by atoms with Gasteiger partial charge in [-0.3, -0.25) is 4.79 Å². The topological polar surface area (TPSA) is 52.3 Å². The van der Waals surface area contributed by atoms with Crippen molar-refractivity contribution in [2.75, 3.05) is 12.8 Å². The van der Waals surface area contributed by atoms with Gasteiger partial charge in [-0.1, -0.05) is 18.2 Å². The van der Waals surface area contributed by atoms with Gasteiger partial charge in [0.2, 0.25) is 0 Å². The maximum atomic E-state index is 14.0. The van der Waals surface area contributed by atoms with Gasteiger partial charge < -0.3 is 10.5 Å². The SMILES string of the molecule is COc1cccc(C(=O)c2ccccc2N)c1F. The Balaban J connectivity index is 2.50. The maximum Gasteiger partial charge on any atom is 0.198 e. The number of carbonyl (C=O) groups excluding carboxylic acids is 1. The Hall–Kier alpha value is -2.36. The van der Waals surface area contributed by atoms with Gasteiger partial charge in [-0.2, -0.15) is 0 Å². The molecule has 0 aromatic heterocycles. The van der Waals surface area contributed by atoms with E-state index in [1.807, 2.05) is 0 Å². The van der Waals surface area contributed by atoms with Gasteiger partial charge in [0, 0.05) is 11.3 Å². The van der Waals surface area contributed by atoms with Crippen LogP contribution in [0.25, 0.3) is 0 Å². The first-order valence-electron chi connectivity index (χ1n) is 5.37. The maximum absolute atomic E-state index is 14.0. The number of rotatable bonds is 3. The van der Waals surface area contributed by atoms with Crippen LogP contribution in [0.3, 0.4) is 0 Å². The quantitative estimate of drug-likeness (QED) is 0.668. The van der Waals surface area contributed by atoms with Crippen LogP contribution in [0.5, 0.6) is 5.75 Å². The number of methoxy groups -OCH3 is 1. The number of nitrogen functional groups attached to an aromatic ring is 1. The fourth-order valence-corrected chi connectivity index (χ4v) is 1.69. The minimum Gasteiger partial charge on any atom is -0.494 e. The molecule has 0 aliphatic carbocycles. The fourth-order valence-electron chi connectivity index (χ4n) is 1.69. The van der Waals surface area contributed by atoms with E-state index in [0.717, 1.165) is 0 Å². The van der Waals surface area contributed by atoms with E-state index >= 15 is 0 Å². The average molecular weight is 245 g/mol. The van der Waals surface area contributed by atoms with Gasteiger partial charge in [-0.25, -0.2) is 4.39 Å². The van der Waals surface area contributed by atoms with Gasteiger partial charge >= 0.3 is 0 Å². The first-order valence-corrected chi connectivity index (χ1v) is 5.37. The Morgan fingerprint density at radius 3 is 2.44 bits per heavy atom. The predicted molar refractivity (Wildman–Crippen MR) is 67.2 cm³/mol. The molecule has 0 unspecified atom stereocenters. The van der Waals surface area contributed by atoms with E-state index in [0.29, 0.717) is 5.69 Å². The lowest BCUT2D eigenvalue weighted by atomic mass is 10.0. The standard InChI is InChI=1S/C14H12FNO2/c1-18-12-8-4-6-10(13(12)15)14(17)9-5-2-3-7-11(9)16/h2-8H,16H2,1H3. The van der Waals surface area contributed by atoms with E-state index in [1.54, 1.807) is 30.3 Å². The second-order valence-corrected chi connectivity index (χ2v) is 3.74. The summed E-state index contributed by atoms with van der Waals surface area (Å²) < 4.78 is 18.8. The Morgan fingerprint density at radius 1 is 1.11 bits per heavy atom. The van der Waals surface area contributed by atoms with Crippen LogP contribution in [-0.2, 0) is 0 Å². The molecule has 0 radical (unpaired) electrons. The van der Waals surface area contributed by atoms with Crippen LogP contribution in [0, 0.1) is 5.82 Å². The van der Waals surface area contributed by atoms with E-state index in [2.05, 4.69) is 0 Å². The second kappa shape index (κ2) is 4.87. The van der Waals surface area contributed by atoms with Gasteiger partial charge in [0.25, 0.3) is 0 Å². The van der Waals surface area contributed by atoms with Crippen molar-refractivity contribution in [3.05, 3.63) is 59.4 Å². The highest BCUT2D eigenvalue weighted by molar-refractivity contribution is 6.12. The number of hydrogen-bond donors (Lipinski definition) is 1. The molecular formula is C14H12FNO2. The van der Waals surface area contributed by atoms with Gasteiger partial charge in [-0.05, 0) is 24.3 Å². The normalized spacial score (nSPS) is 10.1. The highest BCUT2D eigenvalue weighted by Crippen LogP contribution is 2.24. The van der Waals surface area contributed by atoms with Crippen LogP contribution in [0.2, 0.25) is 0 Å². The number of hydrogen-bond acceptors (Lipinski definition) is 3. The molecule has 0 bridgehead atoms. The summed E-state index contributed by atoms with van der Waals surface area (Å²) in [5, 5.41) is 0. The second-order valence-electron chi connectivity index (χ2n) is 3.74. The van der Waals surface area contributed by atoms with Crippen LogP contribution >= 0.6 is 0 Å². The zero-order valence-electron chi connectivity index (χ0n) is 9.81. The molecule has 3 nitrogen and oxygen atoms in total. The number of halogens is 1. The van der Waals surface area contributed by atoms with Crippen LogP contribution in [0.15, 0.2) is 42.5 Å². The molecule has 2 aromatic carbocycles. The summed E-state index contributed by atoms with van der Waals surface area (Å²) in [6.45, 7) is 0. The number of ether oxygens (including phenoxy) is 1. The molecule has 92 valence electrons. The van der Waals surface area contributed by atoms with Crippen LogP contribution in [0.4, 0.5) is 10.1 Å². The van der Waals surface area contributed by atoms with Crippen LogP contribution < -0.4 is 10.5 Å². The molecule has 18 heavy (non-hydrogen) atoms. The summed E-state index contributed by atoms with van der Waals surface area (Å²) in [5.74, 6) is -1.09. The van der Waals surface area contributed by atoms with Crippen molar-refractivity contribution in [2.24, 2.45) is 0 Å². The molecule has 2 N–H and O–H groups in total. The van der Waals surface area contributed by atoms with Crippen molar-refractivity contribution in [1.29, 1.82) is 0 Å². The Morgan fingerprint density at radius 2 is 1.78 bits per heavy atom. The third-order valence-electron chi connectivity index (χ3n) is 2.63. The first kappa shape index (κ1) is 12.1. The summed E-state index contributed by atoms with van der Waals surface area (Å²) >= 11 is 0. The molecule has 0 aliphatic heterocycles. The molecule has 4 heteroatoms. The highest BCUT2D eigenvalue weighted by Gasteiger charge is 2.18. The highest BCUT2D eigenvalue weighted by atomic mass is 19.1. The number of para-hydroxylation sites is 1. The van der Waals surface area contributed by atoms with Gasteiger partial charge in [0.1, 0.15) is 0 Å². The third-order valence-corrected chi connectivity index (χ3v) is 2.63. The Kier molecular flexibility index (Phi) is 3.28. The van der Waals surface area contributed by atoms with Gasteiger partial charge in [0.05, 0.1) is 12.7 Å². The Labute approximate surface area is 104 Å². The van der Waals surface area contributed by atoms with Crippen LogP contribution in [-0.4, -0.2) is 12.9 Å². The molecule has 0 fully saturated rings. The minimum atomic E-state index is -0.673. The number of benzene rings is 2. The largest absolute Gasteiger partial charge is 0.494 e. The molecule has 0 aliphatic rings. The summed E-state index contributed by atoms with van der Waals surface area (Å²) in [7, 11) is 1.35. The lowest BCUT2D eigenvalue weighted by molar-refractivity contribution is 0.103. The van der Waals surface area contributed by atoms with E-state index in [4.69, 9.17) is 10.5 Å². The van der Waals surface area contributed by atoms with Crippen molar-refractivity contribution in [1.82, 2.24) is 0 Å². The smallest absolute Gasteiger partial charge is 0.198 e. The average Bonchev–Trinajstić information content (AvgIpc) is 2.39. The molecule has 0 saturated carbocycles. The molecule has 2 rings (SSSR count). The van der Waals surface area contributed by atoms with Crippen LogP contribution in [0.1, 0.15) is 15.9 Å². The molecular weight excluding hydrogens is 233 g/mol. The molecule has 0 amide bonds. The number of carbonyl (C=O) groups is 1. The van der Waals surface area contributed by atoms with Crippen molar-refractivity contribution < 1.29 is 13.9 Å². The van der Waals surface area contributed by atoms with Crippen molar-refractivity contribution >= 4 is 11.5 Å². The molecule has 2 aromatic rings. The van der Waals surface area contributed by atoms with E-state index in [9.17, 15) is 9.18 Å². The lowest BCUT2D eigenvalue weighted by Crippen LogP contribution is -2.08. The predicted octanol–water partition coefficient (Wildman–Crippen LogP) is 2.65. The summed E-state index contributed by atoms with van der Waals surface area (Å²) in [5.41, 5.74) is 6.26. The number of nitrogens with two attached hydrogens (primary N) is 1. The number of ketones is 1. The first-order chi connectivity index (χ1) is 8.65.